The minimum absolute atomic E-state index is 0. The van der Waals surface area contributed by atoms with Crippen molar-refractivity contribution in [2.24, 2.45) is 5.41 Å². The molecule has 58 heavy (non-hydrogen) atoms. The Kier molecular flexibility index (Phi) is 10.4. The summed E-state index contributed by atoms with van der Waals surface area (Å²) in [5.41, 5.74) is 10.8. The second-order valence-electron chi connectivity index (χ2n) is 16.7. The molecule has 3 heterocycles. The Morgan fingerprint density at radius 3 is 2.05 bits per heavy atom. The number of hydrogen-bond acceptors (Lipinski definition) is 4. The van der Waals surface area contributed by atoms with Gasteiger partial charge in [0, 0.05) is 66.6 Å². The van der Waals surface area contributed by atoms with Crippen LogP contribution in [0.15, 0.2) is 164 Å². The Labute approximate surface area is 356 Å². The van der Waals surface area contributed by atoms with E-state index >= 15 is 0 Å². The second kappa shape index (κ2) is 15.5. The molecule has 0 N–H and O–H groups in total. The number of allylic oxidation sites excluding steroid dienone is 1. The molecule has 292 valence electrons. The molecule has 0 atom stereocenters. The largest absolute Gasteiger partial charge is 0.509 e. The van der Waals surface area contributed by atoms with Gasteiger partial charge in [0.15, 0.2) is 0 Å². The Bertz CT molecular complexity index is 2780. The molecule has 0 bridgehead atoms. The van der Waals surface area contributed by atoms with E-state index in [2.05, 4.69) is 208 Å². The number of aromatic nitrogens is 2. The summed E-state index contributed by atoms with van der Waals surface area (Å²) in [5.74, 6) is 2.07. The fourth-order valence-corrected chi connectivity index (χ4v) is 7.64. The molecule has 0 saturated carbocycles. The Hall–Kier alpha value is -5.90. The van der Waals surface area contributed by atoms with Crippen molar-refractivity contribution in [3.8, 4) is 39.6 Å². The third kappa shape index (κ3) is 7.48. The minimum atomic E-state index is -0.176. The number of ether oxygens (including phenoxy) is 1. The van der Waals surface area contributed by atoms with Crippen molar-refractivity contribution in [1.82, 2.24) is 9.55 Å². The van der Waals surface area contributed by atoms with E-state index in [9.17, 15) is 0 Å². The Morgan fingerprint density at radius 1 is 0.603 bits per heavy atom. The first-order valence-electron chi connectivity index (χ1n) is 19.5. The van der Waals surface area contributed by atoms with E-state index in [1.165, 1.54) is 11.1 Å². The van der Waals surface area contributed by atoms with Gasteiger partial charge in [-0.15, -0.1) is 48.1 Å². The molecule has 0 fully saturated rings. The third-order valence-electron chi connectivity index (χ3n) is 10.6. The third-order valence-corrected chi connectivity index (χ3v) is 10.6. The van der Waals surface area contributed by atoms with Gasteiger partial charge in [-0.2, -0.15) is 12.1 Å². The van der Waals surface area contributed by atoms with Crippen molar-refractivity contribution in [1.29, 1.82) is 0 Å². The average Bonchev–Trinajstić information content (AvgIpc) is 3.82. The molecule has 0 unspecified atom stereocenters. The van der Waals surface area contributed by atoms with Gasteiger partial charge in [0.05, 0.1) is 0 Å². The maximum Gasteiger partial charge on any atom is 0.135 e. The first kappa shape index (κ1) is 38.9. The van der Waals surface area contributed by atoms with Crippen LogP contribution in [0.2, 0.25) is 0 Å². The molecule has 6 aromatic carbocycles. The summed E-state index contributed by atoms with van der Waals surface area (Å²) in [4.78, 5) is 9.32. The minimum Gasteiger partial charge on any atom is -0.509 e. The van der Waals surface area contributed by atoms with Gasteiger partial charge in [-0.25, -0.2) is 4.98 Å². The smallest absolute Gasteiger partial charge is 0.135 e. The zero-order chi connectivity index (χ0) is 39.3. The maximum absolute atomic E-state index is 6.61. The summed E-state index contributed by atoms with van der Waals surface area (Å²) < 4.78 is 8.80. The Balaban J connectivity index is 0.00000469. The van der Waals surface area contributed by atoms with Crippen LogP contribution in [0.4, 0.5) is 11.4 Å². The number of hydrogen-bond donors (Lipinski definition) is 0. The summed E-state index contributed by atoms with van der Waals surface area (Å²) >= 11 is 0. The van der Waals surface area contributed by atoms with Gasteiger partial charge in [0.25, 0.3) is 0 Å². The van der Waals surface area contributed by atoms with Crippen LogP contribution in [-0.2, 0) is 26.5 Å². The summed E-state index contributed by atoms with van der Waals surface area (Å²) in [7, 11) is 0. The van der Waals surface area contributed by atoms with Gasteiger partial charge in [-0.05, 0) is 63.5 Å². The molecule has 2 aromatic heterocycles. The van der Waals surface area contributed by atoms with Crippen LogP contribution < -0.4 is 14.5 Å². The van der Waals surface area contributed by atoms with Gasteiger partial charge < -0.3 is 19.1 Å². The average molecular weight is 937 g/mol. The molecule has 0 spiro atoms. The summed E-state index contributed by atoms with van der Waals surface area (Å²) in [6.07, 6.45) is 4.15. The molecule has 1 aliphatic heterocycles. The molecular formula is C52H45N4OPt-3. The molecule has 1 aliphatic rings. The van der Waals surface area contributed by atoms with E-state index in [1.807, 2.05) is 24.4 Å². The maximum atomic E-state index is 6.61. The number of pyridine rings is 1. The van der Waals surface area contributed by atoms with E-state index in [0.29, 0.717) is 11.5 Å². The van der Waals surface area contributed by atoms with E-state index in [0.717, 1.165) is 61.4 Å². The monoisotopic (exact) mass is 936 g/mol. The van der Waals surface area contributed by atoms with E-state index in [4.69, 9.17) is 9.72 Å². The quantitative estimate of drug-likeness (QED) is 0.149. The van der Waals surface area contributed by atoms with Crippen LogP contribution >= 0.6 is 0 Å². The number of fused-ring (bicyclic) bond motifs is 3. The number of anilines is 2. The van der Waals surface area contributed by atoms with Crippen molar-refractivity contribution in [3.63, 3.8) is 0 Å². The van der Waals surface area contributed by atoms with Gasteiger partial charge in [0.1, 0.15) is 5.82 Å². The summed E-state index contributed by atoms with van der Waals surface area (Å²) in [5, 5.41) is 2.24. The summed E-state index contributed by atoms with van der Waals surface area (Å²) in [6.45, 7) is 15.6. The van der Waals surface area contributed by atoms with Crippen LogP contribution in [0.25, 0.3) is 49.9 Å². The van der Waals surface area contributed by atoms with E-state index in [1.54, 1.807) is 0 Å². The molecule has 0 aliphatic carbocycles. The molecule has 0 radical (unpaired) electrons. The first-order chi connectivity index (χ1) is 27.5. The molecule has 8 aromatic rings. The van der Waals surface area contributed by atoms with E-state index in [-0.39, 0.29) is 31.9 Å². The van der Waals surface area contributed by atoms with Crippen LogP contribution in [0, 0.1) is 24.2 Å². The molecular weight excluding hydrogens is 892 g/mol. The van der Waals surface area contributed by atoms with Gasteiger partial charge >= 0.3 is 0 Å². The Morgan fingerprint density at radius 2 is 1.31 bits per heavy atom. The van der Waals surface area contributed by atoms with Gasteiger partial charge in [-0.3, -0.25) is 0 Å². The zero-order valence-electron chi connectivity index (χ0n) is 33.6. The van der Waals surface area contributed by atoms with Crippen molar-refractivity contribution in [2.75, 3.05) is 9.80 Å². The topological polar surface area (TPSA) is 33.5 Å². The fourth-order valence-electron chi connectivity index (χ4n) is 7.64. The predicted octanol–water partition coefficient (Wildman–Crippen LogP) is 13.5. The number of benzene rings is 6. The molecule has 5 nitrogen and oxygen atoms in total. The first-order valence-corrected chi connectivity index (χ1v) is 19.5. The van der Waals surface area contributed by atoms with Crippen LogP contribution in [0.5, 0.6) is 11.5 Å². The fraction of sp³-hybridized carbons (Fsp3) is 0.154. The van der Waals surface area contributed by atoms with Crippen LogP contribution in [0.1, 0.15) is 47.1 Å². The second-order valence-corrected chi connectivity index (χ2v) is 16.7. The van der Waals surface area contributed by atoms with Gasteiger partial charge in [0.2, 0.25) is 0 Å². The van der Waals surface area contributed by atoms with Crippen molar-refractivity contribution < 1.29 is 25.8 Å². The standard InChI is InChI=1S/C52H45N4O.Pt/c1-51(2,3)39-28-29-53-50(31-39)56-46-23-14-13-22-44(46)45-27-25-42(33-48(45)56)57-41-21-15-20-40(32-41)55-35-54(34-49(55)52(4,5)6)47-30-38(36-16-9-7-10-17-36)24-26-43(47)37-18-11-8-12-19-37;/h7-31,34-35H,1-6H3;/q-3;. The van der Waals surface area contributed by atoms with Crippen molar-refractivity contribution in [3.05, 3.63) is 188 Å². The van der Waals surface area contributed by atoms with Crippen molar-refractivity contribution in [2.45, 2.75) is 47.0 Å². The number of para-hydroxylation sites is 1. The van der Waals surface area contributed by atoms with E-state index < -0.39 is 0 Å². The van der Waals surface area contributed by atoms with Crippen molar-refractivity contribution >= 4 is 33.2 Å². The molecule has 0 amide bonds. The SMILES string of the molecule is CC(C)(C)C1=CN(c2cc(-c3ccccc3)ccc2-c2ccccc2)[CH-]N1c1[c-]c(Oc2[c-]c3c(cc2)c2ccccc2n3-c2cc(C(C)(C)C)ccn2)ccc1.[Pt]. The van der Waals surface area contributed by atoms with Crippen LogP contribution in [0.3, 0.4) is 0 Å². The molecule has 0 saturated heterocycles. The normalized spacial score (nSPS) is 13.2. The van der Waals surface area contributed by atoms with Gasteiger partial charge in [-0.1, -0.05) is 138 Å². The molecule has 6 heteroatoms. The molecule has 9 rings (SSSR count). The predicted molar refractivity (Wildman–Crippen MR) is 236 cm³/mol. The number of nitrogens with zero attached hydrogens (tertiary/aromatic N) is 4. The summed E-state index contributed by atoms with van der Waals surface area (Å²) in [6, 6.07) is 58.0. The zero-order valence-corrected chi connectivity index (χ0v) is 35.9. The number of rotatable bonds is 7. The van der Waals surface area contributed by atoms with Crippen LogP contribution in [-0.4, -0.2) is 9.55 Å².